The molecule has 2 N–H and O–H groups in total. The molecule has 220 valence electrons. The molecule has 1 aromatic rings. The Morgan fingerprint density at radius 2 is 1.64 bits per heavy atom. The average Bonchev–Trinajstić information content (AvgIpc) is 2.88. The molecule has 0 aliphatic rings. The number of carbonyl (C=O) groups excluding carboxylic acids is 4. The van der Waals surface area contributed by atoms with Crippen molar-refractivity contribution in [2.45, 2.75) is 105 Å². The number of hydrogen-bond donors (Lipinski definition) is 2. The number of unbranched alkanes of at least 4 members (excludes halogenated alkanes) is 1. The van der Waals surface area contributed by atoms with Gasteiger partial charge in [-0.25, -0.2) is 4.79 Å². The Labute approximate surface area is 234 Å². The van der Waals surface area contributed by atoms with Gasteiger partial charge < -0.3 is 25.0 Å². The molecule has 0 aromatic heterocycles. The number of aryl methyl sites for hydroxylation is 1. The number of carbonyl (C=O) groups is 4. The summed E-state index contributed by atoms with van der Waals surface area (Å²) in [4.78, 5) is 53.9. The van der Waals surface area contributed by atoms with Crippen LogP contribution in [0.3, 0.4) is 0 Å². The van der Waals surface area contributed by atoms with Crippen LogP contribution in [0.25, 0.3) is 0 Å². The minimum absolute atomic E-state index is 0.0275. The third kappa shape index (κ3) is 11.7. The third-order valence-corrected chi connectivity index (χ3v) is 6.38. The fourth-order valence-corrected chi connectivity index (χ4v) is 4.02. The molecule has 0 heterocycles. The fourth-order valence-electron chi connectivity index (χ4n) is 4.02. The van der Waals surface area contributed by atoms with Crippen molar-refractivity contribution < 1.29 is 28.7 Å². The van der Waals surface area contributed by atoms with Gasteiger partial charge in [-0.1, -0.05) is 64.8 Å². The number of esters is 1. The zero-order valence-corrected chi connectivity index (χ0v) is 25.1. The van der Waals surface area contributed by atoms with Crippen LogP contribution in [0.15, 0.2) is 24.3 Å². The lowest BCUT2D eigenvalue weighted by Gasteiger charge is -2.36. The molecule has 3 amide bonds. The van der Waals surface area contributed by atoms with E-state index in [1.165, 1.54) is 0 Å². The first-order valence-electron chi connectivity index (χ1n) is 14.2. The van der Waals surface area contributed by atoms with Gasteiger partial charge in [0.15, 0.2) is 0 Å². The van der Waals surface area contributed by atoms with Crippen LogP contribution in [0, 0.1) is 5.92 Å². The van der Waals surface area contributed by atoms with E-state index >= 15 is 0 Å². The lowest BCUT2D eigenvalue weighted by Crippen LogP contribution is -2.55. The van der Waals surface area contributed by atoms with Gasteiger partial charge in [0.1, 0.15) is 17.7 Å². The van der Waals surface area contributed by atoms with E-state index < -0.39 is 35.7 Å². The number of nitrogens with one attached hydrogen (secondary N) is 2. The van der Waals surface area contributed by atoms with Crippen molar-refractivity contribution in [3.63, 3.8) is 0 Å². The molecule has 0 saturated carbocycles. The predicted octanol–water partition coefficient (Wildman–Crippen LogP) is 4.93. The van der Waals surface area contributed by atoms with Gasteiger partial charge in [-0.2, -0.15) is 0 Å². The number of hydrogen-bond acceptors (Lipinski definition) is 6. The Bertz CT molecular complexity index is 926. The summed E-state index contributed by atoms with van der Waals surface area (Å²) in [6.07, 6.45) is 2.30. The maximum Gasteiger partial charge on any atom is 0.408 e. The van der Waals surface area contributed by atoms with Gasteiger partial charge in [0, 0.05) is 13.1 Å². The smallest absolute Gasteiger partial charge is 0.408 e. The van der Waals surface area contributed by atoms with Gasteiger partial charge in [0.25, 0.3) is 0 Å². The topological polar surface area (TPSA) is 114 Å². The highest BCUT2D eigenvalue weighted by molar-refractivity contribution is 5.92. The maximum atomic E-state index is 14.2. The van der Waals surface area contributed by atoms with Gasteiger partial charge in [0.2, 0.25) is 11.8 Å². The summed E-state index contributed by atoms with van der Waals surface area (Å²) in [6, 6.07) is 5.79. The first kappa shape index (κ1) is 33.9. The van der Waals surface area contributed by atoms with Crippen LogP contribution in [-0.2, 0) is 30.3 Å². The van der Waals surface area contributed by atoms with Crippen molar-refractivity contribution in [2.24, 2.45) is 5.92 Å². The van der Waals surface area contributed by atoms with Crippen molar-refractivity contribution in [2.75, 3.05) is 19.7 Å². The monoisotopic (exact) mass is 547 g/mol. The lowest BCUT2D eigenvalue weighted by molar-refractivity contribution is -0.145. The van der Waals surface area contributed by atoms with Gasteiger partial charge in [0.05, 0.1) is 13.0 Å². The van der Waals surface area contributed by atoms with E-state index in [2.05, 4.69) is 10.6 Å². The van der Waals surface area contributed by atoms with E-state index in [1.807, 2.05) is 52.0 Å². The molecule has 0 bridgehead atoms. The minimum atomic E-state index is -0.941. The molecule has 3 atom stereocenters. The third-order valence-electron chi connectivity index (χ3n) is 6.38. The summed E-state index contributed by atoms with van der Waals surface area (Å²) in [5.74, 6) is -1.36. The lowest BCUT2D eigenvalue weighted by atomic mass is 9.95. The van der Waals surface area contributed by atoms with Crippen LogP contribution in [-0.4, -0.2) is 60.1 Å². The predicted molar refractivity (Wildman–Crippen MR) is 152 cm³/mol. The van der Waals surface area contributed by atoms with E-state index in [0.29, 0.717) is 24.9 Å². The van der Waals surface area contributed by atoms with E-state index in [4.69, 9.17) is 9.47 Å². The summed E-state index contributed by atoms with van der Waals surface area (Å²) in [6.45, 7) is 15.6. The quantitative estimate of drug-likeness (QED) is 0.301. The van der Waals surface area contributed by atoms with E-state index in [-0.39, 0.29) is 31.4 Å². The molecular formula is C30H49N3O6. The SMILES string of the molecule is CCCCN(C(=O)C(NC(=O)OC(C)(C)C)C(C)CC)C(C(=O)NCCC(=O)OCC)c1ccc(CC)cc1. The molecule has 1 aromatic carbocycles. The molecule has 3 unspecified atom stereocenters. The van der Waals surface area contributed by atoms with Gasteiger partial charge in [-0.3, -0.25) is 14.4 Å². The zero-order chi connectivity index (χ0) is 29.6. The molecule has 39 heavy (non-hydrogen) atoms. The number of ether oxygens (including phenoxy) is 2. The van der Waals surface area contributed by atoms with E-state index in [1.54, 1.807) is 32.6 Å². The van der Waals surface area contributed by atoms with Gasteiger partial charge >= 0.3 is 12.1 Å². The first-order valence-corrected chi connectivity index (χ1v) is 14.2. The molecule has 9 heteroatoms. The molecule has 1 rings (SSSR count). The van der Waals surface area contributed by atoms with Crippen molar-refractivity contribution in [3.8, 4) is 0 Å². The number of benzene rings is 1. The second kappa shape index (κ2) is 16.8. The first-order chi connectivity index (χ1) is 18.4. The average molecular weight is 548 g/mol. The van der Waals surface area contributed by atoms with Crippen molar-refractivity contribution >= 4 is 23.9 Å². The molecule has 0 fully saturated rings. The van der Waals surface area contributed by atoms with Crippen molar-refractivity contribution in [3.05, 3.63) is 35.4 Å². The highest BCUT2D eigenvalue weighted by Crippen LogP contribution is 2.26. The molecule has 9 nitrogen and oxygen atoms in total. The van der Waals surface area contributed by atoms with Gasteiger partial charge in [-0.15, -0.1) is 0 Å². The van der Waals surface area contributed by atoms with Crippen LogP contribution < -0.4 is 10.6 Å². The fraction of sp³-hybridized carbons (Fsp3) is 0.667. The summed E-state index contributed by atoms with van der Waals surface area (Å²) in [5.41, 5.74) is 1.04. The van der Waals surface area contributed by atoms with Crippen LogP contribution in [0.5, 0.6) is 0 Å². The summed E-state index contributed by atoms with van der Waals surface area (Å²) in [5, 5.41) is 5.59. The van der Waals surface area contributed by atoms with E-state index in [0.717, 1.165) is 18.4 Å². The summed E-state index contributed by atoms with van der Waals surface area (Å²) in [7, 11) is 0. The molecule has 0 spiro atoms. The molecular weight excluding hydrogens is 498 g/mol. The van der Waals surface area contributed by atoms with Crippen molar-refractivity contribution in [1.82, 2.24) is 15.5 Å². The summed E-state index contributed by atoms with van der Waals surface area (Å²) < 4.78 is 10.4. The largest absolute Gasteiger partial charge is 0.466 e. The Kier molecular flexibility index (Phi) is 14.6. The van der Waals surface area contributed by atoms with Crippen LogP contribution in [0.4, 0.5) is 4.79 Å². The Morgan fingerprint density at radius 3 is 2.15 bits per heavy atom. The van der Waals surface area contributed by atoms with Crippen LogP contribution in [0.2, 0.25) is 0 Å². The number of amides is 3. The summed E-state index contributed by atoms with van der Waals surface area (Å²) >= 11 is 0. The Hall–Kier alpha value is -3.10. The Balaban J connectivity index is 3.44. The molecule has 0 radical (unpaired) electrons. The maximum absolute atomic E-state index is 14.2. The second-order valence-electron chi connectivity index (χ2n) is 10.7. The second-order valence-corrected chi connectivity index (χ2v) is 10.7. The molecule has 0 aliphatic heterocycles. The van der Waals surface area contributed by atoms with Crippen molar-refractivity contribution in [1.29, 1.82) is 0 Å². The number of nitrogens with zero attached hydrogens (tertiary/aromatic N) is 1. The Morgan fingerprint density at radius 1 is 1.00 bits per heavy atom. The van der Waals surface area contributed by atoms with Crippen LogP contribution >= 0.6 is 0 Å². The normalized spacial score (nSPS) is 13.5. The molecule has 0 saturated heterocycles. The highest BCUT2D eigenvalue weighted by atomic mass is 16.6. The van der Waals surface area contributed by atoms with Gasteiger partial charge in [-0.05, 0) is 57.6 Å². The standard InChI is InChI=1S/C30H49N3O6/c1-9-13-20-33(28(36)25(21(5)10-2)32-29(37)39-30(6,7)8)26(23-16-14-22(11-3)15-17-23)27(35)31-19-18-24(34)38-12-4/h14-17,21,25-26H,9-13,18-20H2,1-8H3,(H,31,35)(H,32,37). The van der Waals surface area contributed by atoms with Crippen LogP contribution in [0.1, 0.15) is 98.2 Å². The minimum Gasteiger partial charge on any atom is -0.466 e. The highest BCUT2D eigenvalue weighted by Gasteiger charge is 2.37. The molecule has 0 aliphatic carbocycles. The van der Waals surface area contributed by atoms with E-state index in [9.17, 15) is 19.2 Å². The zero-order valence-electron chi connectivity index (χ0n) is 25.1. The number of alkyl carbamates (subject to hydrolysis) is 1. The number of rotatable bonds is 15.